The lowest BCUT2D eigenvalue weighted by Crippen LogP contribution is -2.11. The van der Waals surface area contributed by atoms with E-state index in [0.717, 1.165) is 39.0 Å². The summed E-state index contributed by atoms with van der Waals surface area (Å²) in [5.41, 5.74) is 5.07. The van der Waals surface area contributed by atoms with Gasteiger partial charge in [-0.25, -0.2) is 9.67 Å². The topological polar surface area (TPSA) is 61.2 Å². The summed E-state index contributed by atoms with van der Waals surface area (Å²) in [4.78, 5) is 5.58. The largest absolute Gasteiger partial charge is 0.463 e. The van der Waals surface area contributed by atoms with Gasteiger partial charge in [-0.05, 0) is 73.0 Å². The molecule has 7 heteroatoms. The van der Waals surface area contributed by atoms with E-state index in [-0.39, 0.29) is 6.79 Å². The smallest absolute Gasteiger partial charge is 0.231 e. The molecule has 0 unspecified atom stereocenters. The van der Waals surface area contributed by atoms with Crippen LogP contribution in [-0.2, 0) is 0 Å². The quantitative estimate of drug-likeness (QED) is 0.425. The van der Waals surface area contributed by atoms with E-state index in [1.54, 1.807) is 17.2 Å². The summed E-state index contributed by atoms with van der Waals surface area (Å²) in [6.07, 6.45) is 3.43. The third kappa shape index (κ3) is 3.55. The van der Waals surface area contributed by atoms with Gasteiger partial charge in [0.1, 0.15) is 5.69 Å². The molecule has 0 saturated heterocycles. The van der Waals surface area contributed by atoms with Crippen LogP contribution in [0.15, 0.2) is 74.7 Å². The number of thiazole rings is 1. The van der Waals surface area contributed by atoms with Crippen LogP contribution in [0.5, 0.6) is 11.5 Å². The van der Waals surface area contributed by atoms with E-state index < -0.39 is 0 Å². The summed E-state index contributed by atoms with van der Waals surface area (Å²) in [5.74, 6) is 2.20. The van der Waals surface area contributed by atoms with Gasteiger partial charge in [0.25, 0.3) is 0 Å². The van der Waals surface area contributed by atoms with Crippen molar-refractivity contribution in [3.8, 4) is 23.0 Å². The van der Waals surface area contributed by atoms with Crippen LogP contribution >= 0.6 is 11.3 Å². The maximum Gasteiger partial charge on any atom is 0.231 e. The number of hydrogen-bond donors (Lipinski definition) is 0. The van der Waals surface area contributed by atoms with Gasteiger partial charge in [-0.15, -0.1) is 11.3 Å². The third-order valence-electron chi connectivity index (χ3n) is 4.89. The maximum absolute atomic E-state index is 5.60. The van der Waals surface area contributed by atoms with Gasteiger partial charge in [0, 0.05) is 5.38 Å². The molecule has 6 nitrogen and oxygen atoms in total. The van der Waals surface area contributed by atoms with E-state index in [1.165, 1.54) is 22.5 Å². The van der Waals surface area contributed by atoms with Crippen molar-refractivity contribution in [3.63, 3.8) is 0 Å². The van der Waals surface area contributed by atoms with Crippen molar-refractivity contribution in [3.05, 3.63) is 81.7 Å². The lowest BCUT2D eigenvalue weighted by molar-refractivity contribution is 0.174. The Bertz CT molecular complexity index is 1300. The fourth-order valence-corrected chi connectivity index (χ4v) is 3.94. The van der Waals surface area contributed by atoms with Gasteiger partial charge in [-0.1, -0.05) is 6.07 Å². The summed E-state index contributed by atoms with van der Waals surface area (Å²) >= 11 is 1.51. The van der Waals surface area contributed by atoms with Crippen LogP contribution in [0, 0.1) is 13.8 Å². The van der Waals surface area contributed by atoms with E-state index in [2.05, 4.69) is 26.0 Å². The van der Waals surface area contributed by atoms with Gasteiger partial charge in [0.15, 0.2) is 17.3 Å². The first kappa shape index (κ1) is 18.4. The van der Waals surface area contributed by atoms with Gasteiger partial charge in [-0.2, -0.15) is 5.10 Å². The number of furan rings is 1. The van der Waals surface area contributed by atoms with Gasteiger partial charge < -0.3 is 13.9 Å². The van der Waals surface area contributed by atoms with Crippen LogP contribution in [0.2, 0.25) is 0 Å². The van der Waals surface area contributed by atoms with Gasteiger partial charge in [0.2, 0.25) is 11.6 Å². The average Bonchev–Trinajstić information content (AvgIpc) is 3.49. The Morgan fingerprint density at radius 3 is 2.73 bits per heavy atom. The lowest BCUT2D eigenvalue weighted by atomic mass is 10.1. The molecule has 0 N–H and O–H groups in total. The predicted octanol–water partition coefficient (Wildman–Crippen LogP) is 5.27. The second kappa shape index (κ2) is 7.68. The normalized spacial score (nSPS) is 13.5. The van der Waals surface area contributed by atoms with Crippen LogP contribution in [-0.4, -0.2) is 17.7 Å². The van der Waals surface area contributed by atoms with Crippen molar-refractivity contribution < 1.29 is 13.9 Å². The fourth-order valence-electron chi connectivity index (χ4n) is 3.11. The first-order chi connectivity index (χ1) is 14.7. The van der Waals surface area contributed by atoms with Crippen LogP contribution in [0.3, 0.4) is 0 Å². The number of aromatic nitrogens is 1. The Morgan fingerprint density at radius 2 is 1.90 bits per heavy atom. The minimum Gasteiger partial charge on any atom is -0.463 e. The first-order valence-corrected chi connectivity index (χ1v) is 10.4. The van der Waals surface area contributed by atoms with Crippen LogP contribution in [0.25, 0.3) is 11.5 Å². The molecule has 5 rings (SSSR count). The molecule has 0 amide bonds. The number of ether oxygens (including phenoxy) is 2. The monoisotopic (exact) mass is 417 g/mol. The zero-order chi connectivity index (χ0) is 20.5. The highest BCUT2D eigenvalue weighted by molar-refractivity contribution is 7.07. The van der Waals surface area contributed by atoms with Crippen LogP contribution in [0.1, 0.15) is 16.7 Å². The molecule has 30 heavy (non-hydrogen) atoms. The minimum absolute atomic E-state index is 0.247. The van der Waals surface area contributed by atoms with Crippen LogP contribution in [0.4, 0.5) is 5.69 Å². The molecule has 0 bridgehead atoms. The SMILES string of the molecule is Cc1ccc(N=c2scc(-c3ccco3)n2N=Cc2ccc3c(c2)OCO3)cc1C. The van der Waals surface area contributed by atoms with E-state index in [9.17, 15) is 0 Å². The second-order valence-corrected chi connectivity index (χ2v) is 7.77. The Balaban J connectivity index is 1.59. The molecule has 2 aromatic heterocycles. The zero-order valence-electron chi connectivity index (χ0n) is 16.5. The molecule has 1 aliphatic heterocycles. The average molecular weight is 417 g/mol. The van der Waals surface area contributed by atoms with Crippen molar-refractivity contribution >= 4 is 23.2 Å². The van der Waals surface area contributed by atoms with E-state index >= 15 is 0 Å². The van der Waals surface area contributed by atoms with Gasteiger partial charge in [-0.3, -0.25) is 0 Å². The van der Waals surface area contributed by atoms with Crippen molar-refractivity contribution in [2.75, 3.05) is 6.79 Å². The summed E-state index contributed by atoms with van der Waals surface area (Å²) in [6.45, 7) is 4.43. The Labute approximate surface area is 177 Å². The lowest BCUT2D eigenvalue weighted by Gasteiger charge is -2.03. The summed E-state index contributed by atoms with van der Waals surface area (Å²) in [6, 6.07) is 15.7. The van der Waals surface area contributed by atoms with Crippen molar-refractivity contribution in [1.82, 2.24) is 4.68 Å². The predicted molar refractivity (Wildman–Crippen MR) is 117 cm³/mol. The summed E-state index contributed by atoms with van der Waals surface area (Å²) in [5, 5.41) is 6.70. The highest BCUT2D eigenvalue weighted by atomic mass is 32.1. The number of rotatable bonds is 4. The molecule has 3 heterocycles. The fraction of sp³-hybridized carbons (Fsp3) is 0.130. The van der Waals surface area contributed by atoms with Gasteiger partial charge in [0.05, 0.1) is 18.2 Å². The van der Waals surface area contributed by atoms with E-state index in [4.69, 9.17) is 24.0 Å². The van der Waals surface area contributed by atoms with E-state index in [0.29, 0.717) is 0 Å². The summed E-state index contributed by atoms with van der Waals surface area (Å²) in [7, 11) is 0. The molecule has 0 aliphatic carbocycles. The van der Waals surface area contributed by atoms with Gasteiger partial charge >= 0.3 is 0 Å². The molecule has 0 spiro atoms. The third-order valence-corrected chi connectivity index (χ3v) is 5.71. The van der Waals surface area contributed by atoms with Crippen molar-refractivity contribution in [2.45, 2.75) is 13.8 Å². The molecular weight excluding hydrogens is 398 g/mol. The number of hydrogen-bond acceptors (Lipinski definition) is 6. The minimum atomic E-state index is 0.247. The molecule has 150 valence electrons. The highest BCUT2D eigenvalue weighted by Gasteiger charge is 2.13. The Morgan fingerprint density at radius 1 is 1.00 bits per heavy atom. The molecule has 0 fully saturated rings. The number of aryl methyl sites for hydroxylation is 2. The van der Waals surface area contributed by atoms with E-state index in [1.807, 2.05) is 41.8 Å². The molecular formula is C23H19N3O3S. The summed E-state index contributed by atoms with van der Waals surface area (Å²) < 4.78 is 18.2. The Kier molecular flexibility index (Phi) is 4.72. The van der Waals surface area contributed by atoms with Crippen molar-refractivity contribution in [2.24, 2.45) is 10.1 Å². The molecule has 1 aliphatic rings. The molecule has 0 radical (unpaired) electrons. The highest BCUT2D eigenvalue weighted by Crippen LogP contribution is 2.32. The number of nitrogens with zero attached hydrogens (tertiary/aromatic N) is 3. The maximum atomic E-state index is 5.60. The Hall–Kier alpha value is -3.58. The molecule has 4 aromatic rings. The molecule has 2 aromatic carbocycles. The van der Waals surface area contributed by atoms with Crippen LogP contribution < -0.4 is 14.3 Å². The molecule has 0 atom stereocenters. The number of benzene rings is 2. The zero-order valence-corrected chi connectivity index (χ0v) is 17.3. The second-order valence-electron chi connectivity index (χ2n) is 6.93. The number of fused-ring (bicyclic) bond motifs is 1. The standard InChI is InChI=1S/C23H19N3O3S/c1-15-5-7-18(10-16(15)2)25-23-26(19(13-30-23)20-4-3-9-27-20)24-12-17-6-8-21-22(11-17)29-14-28-21/h3-13H,14H2,1-2H3. The first-order valence-electron chi connectivity index (χ1n) is 9.48. The van der Waals surface area contributed by atoms with Crippen molar-refractivity contribution in [1.29, 1.82) is 0 Å². The molecule has 0 saturated carbocycles.